The number of benzene rings is 1. The maximum absolute atomic E-state index is 13.8. The number of hydrogen-bond donors (Lipinski definition) is 2. The molecule has 6 heteroatoms. The van der Waals surface area contributed by atoms with E-state index in [1.165, 1.54) is 6.07 Å². The Morgan fingerprint density at radius 3 is 3.00 bits per heavy atom. The summed E-state index contributed by atoms with van der Waals surface area (Å²) < 4.78 is 19.1. The fraction of sp³-hybridized carbons (Fsp3) is 0.417. The van der Waals surface area contributed by atoms with Crippen molar-refractivity contribution in [1.29, 1.82) is 0 Å². The summed E-state index contributed by atoms with van der Waals surface area (Å²) in [5, 5.41) is 9.28. The molecule has 18 heavy (non-hydrogen) atoms. The summed E-state index contributed by atoms with van der Waals surface area (Å²) in [7, 11) is 0. The molecular weight excluding hydrogens is 255 g/mol. The Bertz CT molecular complexity index is 456. The van der Waals surface area contributed by atoms with Crippen LogP contribution in [-0.4, -0.2) is 42.5 Å². The van der Waals surface area contributed by atoms with Gasteiger partial charge in [-0.2, -0.15) is 0 Å². The minimum Gasteiger partial charge on any atom is -0.394 e. The molecule has 1 aliphatic heterocycles. The highest BCUT2D eigenvalue weighted by molar-refractivity contribution is 7.80. The van der Waals surface area contributed by atoms with Crippen LogP contribution in [0.2, 0.25) is 0 Å². The van der Waals surface area contributed by atoms with Crippen LogP contribution in [-0.2, 0) is 4.74 Å². The zero-order valence-electron chi connectivity index (χ0n) is 9.80. The summed E-state index contributed by atoms with van der Waals surface area (Å²) in [5.74, 6) is -0.441. The number of nitrogens with two attached hydrogens (primary N) is 1. The molecule has 2 rings (SSSR count). The standard InChI is InChI=1S/C12H15FN2O2S/c13-11-5-8(1-2-10(11)12(14)18)15-3-4-17-7-9(15)6-16/h1-2,5,9,16H,3-4,6-7H2,(H2,14,18). The van der Waals surface area contributed by atoms with E-state index < -0.39 is 5.82 Å². The van der Waals surface area contributed by atoms with Gasteiger partial charge in [0.2, 0.25) is 0 Å². The van der Waals surface area contributed by atoms with E-state index in [0.29, 0.717) is 25.4 Å². The molecule has 1 heterocycles. The smallest absolute Gasteiger partial charge is 0.135 e. The molecule has 1 unspecified atom stereocenters. The Balaban J connectivity index is 2.27. The molecule has 0 aliphatic carbocycles. The number of aliphatic hydroxyl groups is 1. The van der Waals surface area contributed by atoms with Crippen LogP contribution in [0, 0.1) is 5.82 Å². The van der Waals surface area contributed by atoms with Gasteiger partial charge in [0.1, 0.15) is 10.8 Å². The molecule has 98 valence electrons. The Hall–Kier alpha value is -1.24. The van der Waals surface area contributed by atoms with Crippen LogP contribution in [0.4, 0.5) is 10.1 Å². The van der Waals surface area contributed by atoms with Crippen molar-refractivity contribution >= 4 is 22.9 Å². The van der Waals surface area contributed by atoms with E-state index in [4.69, 9.17) is 22.7 Å². The summed E-state index contributed by atoms with van der Waals surface area (Å²) >= 11 is 4.76. The predicted molar refractivity (Wildman–Crippen MR) is 71.3 cm³/mol. The molecule has 0 aromatic heterocycles. The lowest BCUT2D eigenvalue weighted by molar-refractivity contribution is 0.0727. The summed E-state index contributed by atoms with van der Waals surface area (Å²) in [6.07, 6.45) is 0. The number of morpholine rings is 1. The van der Waals surface area contributed by atoms with Crippen LogP contribution in [0.15, 0.2) is 18.2 Å². The molecule has 1 aliphatic rings. The van der Waals surface area contributed by atoms with Gasteiger partial charge in [0.05, 0.1) is 25.9 Å². The number of rotatable bonds is 3. The van der Waals surface area contributed by atoms with Crippen LogP contribution in [0.3, 0.4) is 0 Å². The summed E-state index contributed by atoms with van der Waals surface area (Å²) in [6, 6.07) is 4.57. The first-order chi connectivity index (χ1) is 8.63. The van der Waals surface area contributed by atoms with Crippen LogP contribution in [0.25, 0.3) is 0 Å². The van der Waals surface area contributed by atoms with Gasteiger partial charge >= 0.3 is 0 Å². The average molecular weight is 270 g/mol. The van der Waals surface area contributed by atoms with Crippen molar-refractivity contribution in [2.45, 2.75) is 6.04 Å². The van der Waals surface area contributed by atoms with Crippen LogP contribution < -0.4 is 10.6 Å². The Morgan fingerprint density at radius 2 is 2.39 bits per heavy atom. The summed E-state index contributed by atoms with van der Waals surface area (Å²) in [6.45, 7) is 1.60. The number of aliphatic hydroxyl groups excluding tert-OH is 1. The number of anilines is 1. The van der Waals surface area contributed by atoms with Crippen molar-refractivity contribution < 1.29 is 14.2 Å². The molecule has 1 aromatic carbocycles. The van der Waals surface area contributed by atoms with Crippen molar-refractivity contribution in [3.63, 3.8) is 0 Å². The van der Waals surface area contributed by atoms with Crippen LogP contribution >= 0.6 is 12.2 Å². The van der Waals surface area contributed by atoms with Gasteiger partial charge in [0.15, 0.2) is 0 Å². The molecule has 0 radical (unpaired) electrons. The van der Waals surface area contributed by atoms with Gasteiger partial charge < -0.3 is 20.5 Å². The lowest BCUT2D eigenvalue weighted by atomic mass is 10.1. The van der Waals surface area contributed by atoms with Gasteiger partial charge in [0.25, 0.3) is 0 Å². The lowest BCUT2D eigenvalue weighted by Crippen LogP contribution is -2.47. The third-order valence-corrected chi connectivity index (χ3v) is 3.21. The fourth-order valence-corrected chi connectivity index (χ4v) is 2.19. The van der Waals surface area contributed by atoms with Gasteiger partial charge in [0, 0.05) is 17.8 Å². The van der Waals surface area contributed by atoms with Gasteiger partial charge in [-0.25, -0.2) is 4.39 Å². The van der Waals surface area contributed by atoms with E-state index in [9.17, 15) is 9.50 Å². The monoisotopic (exact) mass is 270 g/mol. The second-order valence-corrected chi connectivity index (χ2v) is 4.57. The third-order valence-electron chi connectivity index (χ3n) is 2.99. The SMILES string of the molecule is NC(=S)c1ccc(N2CCOCC2CO)cc1F. The first kappa shape index (κ1) is 13.2. The van der Waals surface area contributed by atoms with Crippen molar-refractivity contribution in [3.05, 3.63) is 29.6 Å². The van der Waals surface area contributed by atoms with Crippen LogP contribution in [0.5, 0.6) is 0 Å². The zero-order valence-corrected chi connectivity index (χ0v) is 10.6. The van der Waals surface area contributed by atoms with Crippen molar-refractivity contribution in [1.82, 2.24) is 0 Å². The number of halogens is 1. The molecule has 0 spiro atoms. The van der Waals surface area contributed by atoms with Gasteiger partial charge in [-0.05, 0) is 18.2 Å². The van der Waals surface area contributed by atoms with E-state index in [0.717, 1.165) is 0 Å². The molecule has 1 atom stereocenters. The molecule has 1 saturated heterocycles. The second-order valence-electron chi connectivity index (χ2n) is 4.13. The maximum atomic E-state index is 13.8. The largest absolute Gasteiger partial charge is 0.394 e. The van der Waals surface area contributed by atoms with Crippen molar-refractivity contribution in [2.75, 3.05) is 31.3 Å². The van der Waals surface area contributed by atoms with E-state index in [-0.39, 0.29) is 23.2 Å². The Morgan fingerprint density at radius 1 is 1.61 bits per heavy atom. The van der Waals surface area contributed by atoms with Crippen molar-refractivity contribution in [3.8, 4) is 0 Å². The molecule has 4 nitrogen and oxygen atoms in total. The highest BCUT2D eigenvalue weighted by Gasteiger charge is 2.23. The summed E-state index contributed by atoms with van der Waals surface area (Å²) in [5.41, 5.74) is 6.36. The Labute approximate surface area is 110 Å². The molecule has 1 fully saturated rings. The van der Waals surface area contributed by atoms with E-state index in [1.807, 2.05) is 4.90 Å². The topological polar surface area (TPSA) is 58.7 Å². The maximum Gasteiger partial charge on any atom is 0.135 e. The number of ether oxygens (including phenoxy) is 1. The molecule has 0 amide bonds. The Kier molecular flexibility index (Phi) is 4.11. The molecule has 1 aromatic rings. The highest BCUT2D eigenvalue weighted by Crippen LogP contribution is 2.22. The number of hydrogen-bond acceptors (Lipinski definition) is 4. The minimum absolute atomic E-state index is 0.0291. The zero-order chi connectivity index (χ0) is 13.1. The average Bonchev–Trinajstić information content (AvgIpc) is 2.38. The van der Waals surface area contributed by atoms with Crippen molar-refractivity contribution in [2.24, 2.45) is 5.73 Å². The normalized spacial score (nSPS) is 19.9. The van der Waals surface area contributed by atoms with Crippen LogP contribution in [0.1, 0.15) is 5.56 Å². The van der Waals surface area contributed by atoms with E-state index >= 15 is 0 Å². The second kappa shape index (κ2) is 5.60. The summed E-state index contributed by atoms with van der Waals surface area (Å²) in [4.78, 5) is 1.97. The predicted octanol–water partition coefficient (Wildman–Crippen LogP) is 0.657. The van der Waals surface area contributed by atoms with E-state index in [1.54, 1.807) is 12.1 Å². The molecule has 0 saturated carbocycles. The molecule has 3 N–H and O–H groups in total. The molecule has 0 bridgehead atoms. The van der Waals surface area contributed by atoms with Gasteiger partial charge in [-0.15, -0.1) is 0 Å². The van der Waals surface area contributed by atoms with Gasteiger partial charge in [-0.1, -0.05) is 12.2 Å². The lowest BCUT2D eigenvalue weighted by Gasteiger charge is -2.36. The third kappa shape index (κ3) is 2.60. The fourth-order valence-electron chi connectivity index (χ4n) is 2.03. The number of thiocarbonyl (C=S) groups is 1. The quantitative estimate of drug-likeness (QED) is 0.790. The first-order valence-corrected chi connectivity index (χ1v) is 6.09. The van der Waals surface area contributed by atoms with E-state index in [2.05, 4.69) is 0 Å². The highest BCUT2D eigenvalue weighted by atomic mass is 32.1. The minimum atomic E-state index is -0.441. The molecular formula is C12H15FN2O2S. The number of nitrogens with zero attached hydrogens (tertiary/aromatic N) is 1. The van der Waals surface area contributed by atoms with Gasteiger partial charge in [-0.3, -0.25) is 0 Å². The first-order valence-electron chi connectivity index (χ1n) is 5.68.